The second kappa shape index (κ2) is 6.75. The summed E-state index contributed by atoms with van der Waals surface area (Å²) in [7, 11) is 0.0540. The van der Waals surface area contributed by atoms with Crippen molar-refractivity contribution >= 4 is 15.7 Å². The highest BCUT2D eigenvalue weighted by Crippen LogP contribution is 2.31. The molecule has 1 aliphatic heterocycles. The molecule has 8 nitrogen and oxygen atoms in total. The number of nitrogens with one attached hydrogen (secondary N) is 2. The number of benzene rings is 1. The molecule has 0 bridgehead atoms. The van der Waals surface area contributed by atoms with E-state index in [1.54, 1.807) is 32.4 Å². The molecule has 0 radical (unpaired) electrons. The molecule has 2 aromatic rings. The van der Waals surface area contributed by atoms with Gasteiger partial charge in [-0.15, -0.1) is 0 Å². The minimum absolute atomic E-state index is 0.0184. The van der Waals surface area contributed by atoms with Crippen molar-refractivity contribution in [2.75, 3.05) is 25.7 Å². The number of rotatable bonds is 5. The predicted molar refractivity (Wildman–Crippen MR) is 91.7 cm³/mol. The summed E-state index contributed by atoms with van der Waals surface area (Å²) in [5.74, 6) is 0.876. The normalized spacial score (nSPS) is 18.7. The highest BCUT2D eigenvalue weighted by Gasteiger charge is 2.29. The molecule has 1 aromatic heterocycles. The monoisotopic (exact) mass is 365 g/mol. The summed E-state index contributed by atoms with van der Waals surface area (Å²) >= 11 is 0. The van der Waals surface area contributed by atoms with Gasteiger partial charge in [0.15, 0.2) is 21.3 Å². The van der Waals surface area contributed by atoms with Gasteiger partial charge < -0.3 is 14.8 Å². The first-order valence-corrected chi connectivity index (χ1v) is 9.53. The van der Waals surface area contributed by atoms with Gasteiger partial charge >= 0.3 is 0 Å². The Kier molecular flexibility index (Phi) is 4.67. The second-order valence-corrected chi connectivity index (χ2v) is 8.04. The molecule has 1 fully saturated rings. The zero-order valence-corrected chi connectivity index (χ0v) is 14.7. The van der Waals surface area contributed by atoms with Crippen LogP contribution in [0.1, 0.15) is 16.9 Å². The van der Waals surface area contributed by atoms with Crippen molar-refractivity contribution < 1.29 is 22.7 Å². The van der Waals surface area contributed by atoms with Gasteiger partial charge in [-0.2, -0.15) is 5.10 Å². The maximum atomic E-state index is 12.3. The molecule has 1 saturated heterocycles. The molecule has 2 heterocycles. The summed E-state index contributed by atoms with van der Waals surface area (Å²) < 4.78 is 33.4. The number of methoxy groups -OCH3 is 2. The van der Waals surface area contributed by atoms with Gasteiger partial charge in [0.05, 0.1) is 31.4 Å². The summed E-state index contributed by atoms with van der Waals surface area (Å²) in [4.78, 5) is 12.3. The number of carbonyl (C=O) groups excluding carboxylic acids is 1. The van der Waals surface area contributed by atoms with E-state index in [0.717, 1.165) is 5.56 Å². The average molecular weight is 365 g/mol. The molecule has 3 rings (SSSR count). The van der Waals surface area contributed by atoms with Gasteiger partial charge in [-0.25, -0.2) is 8.42 Å². The topological polar surface area (TPSA) is 110 Å². The van der Waals surface area contributed by atoms with Crippen LogP contribution in [-0.4, -0.2) is 56.3 Å². The maximum absolute atomic E-state index is 12.3. The van der Waals surface area contributed by atoms with Gasteiger partial charge in [0, 0.05) is 11.6 Å². The molecule has 1 aliphatic rings. The fourth-order valence-corrected chi connectivity index (χ4v) is 4.43. The largest absolute Gasteiger partial charge is 0.493 e. The number of aromatic nitrogens is 2. The van der Waals surface area contributed by atoms with E-state index in [0.29, 0.717) is 23.6 Å². The summed E-state index contributed by atoms with van der Waals surface area (Å²) in [6.07, 6.45) is 0.435. The molecule has 1 amide bonds. The van der Waals surface area contributed by atoms with E-state index in [1.165, 1.54) is 0 Å². The number of amides is 1. The number of nitrogens with zero attached hydrogens (tertiary/aromatic N) is 1. The Morgan fingerprint density at radius 2 is 2.00 bits per heavy atom. The summed E-state index contributed by atoms with van der Waals surface area (Å²) in [6, 6.07) is 6.58. The Morgan fingerprint density at radius 3 is 2.64 bits per heavy atom. The minimum atomic E-state index is -3.04. The van der Waals surface area contributed by atoms with Crippen LogP contribution >= 0.6 is 0 Å². The number of ether oxygens (including phenoxy) is 2. The van der Waals surface area contributed by atoms with E-state index in [1.807, 2.05) is 6.07 Å². The molecule has 1 aromatic carbocycles. The molecule has 0 spiro atoms. The first-order chi connectivity index (χ1) is 11.9. The van der Waals surface area contributed by atoms with Gasteiger partial charge in [0.1, 0.15) is 5.69 Å². The molecular weight excluding hydrogens is 346 g/mol. The van der Waals surface area contributed by atoms with Crippen LogP contribution in [0.25, 0.3) is 11.3 Å². The standard InChI is InChI=1S/C16H19N3O5S/c1-23-14-4-3-10(7-15(14)24-2)12-8-13(19-18-12)16(20)17-11-5-6-25(21,22)9-11/h3-4,7-8,11H,5-6,9H2,1-2H3,(H,17,20)(H,18,19). The highest BCUT2D eigenvalue weighted by molar-refractivity contribution is 7.91. The SMILES string of the molecule is COc1ccc(-c2cc(C(=O)NC3CCS(=O)(=O)C3)[nH]n2)cc1OC. The van der Waals surface area contributed by atoms with Crippen LogP contribution in [0, 0.1) is 0 Å². The van der Waals surface area contributed by atoms with Crippen molar-refractivity contribution in [2.24, 2.45) is 0 Å². The summed E-state index contributed by atoms with van der Waals surface area (Å²) in [5, 5.41) is 9.54. The number of hydrogen-bond donors (Lipinski definition) is 2. The lowest BCUT2D eigenvalue weighted by Gasteiger charge is -2.09. The van der Waals surface area contributed by atoms with E-state index in [9.17, 15) is 13.2 Å². The zero-order chi connectivity index (χ0) is 18.0. The molecule has 0 aliphatic carbocycles. The molecule has 1 unspecified atom stereocenters. The van der Waals surface area contributed by atoms with Crippen molar-refractivity contribution in [2.45, 2.75) is 12.5 Å². The van der Waals surface area contributed by atoms with Crippen molar-refractivity contribution in [3.8, 4) is 22.8 Å². The third-order valence-corrected chi connectivity index (χ3v) is 5.84. The Labute approximate surface area is 145 Å². The van der Waals surface area contributed by atoms with Crippen molar-refractivity contribution in [1.29, 1.82) is 0 Å². The Morgan fingerprint density at radius 1 is 1.24 bits per heavy atom. The van der Waals surface area contributed by atoms with E-state index in [4.69, 9.17) is 9.47 Å². The number of H-pyrrole nitrogens is 1. The number of aromatic amines is 1. The van der Waals surface area contributed by atoms with Crippen molar-refractivity contribution in [1.82, 2.24) is 15.5 Å². The van der Waals surface area contributed by atoms with Gasteiger partial charge in [0.25, 0.3) is 5.91 Å². The zero-order valence-electron chi connectivity index (χ0n) is 13.9. The highest BCUT2D eigenvalue weighted by atomic mass is 32.2. The van der Waals surface area contributed by atoms with Gasteiger partial charge in [-0.05, 0) is 30.7 Å². The smallest absolute Gasteiger partial charge is 0.269 e. The third kappa shape index (κ3) is 3.76. The molecule has 0 saturated carbocycles. The van der Waals surface area contributed by atoms with Crippen LogP contribution in [0.15, 0.2) is 24.3 Å². The van der Waals surface area contributed by atoms with Crippen LogP contribution in [0.5, 0.6) is 11.5 Å². The van der Waals surface area contributed by atoms with Crippen LogP contribution < -0.4 is 14.8 Å². The second-order valence-electron chi connectivity index (χ2n) is 5.81. The average Bonchev–Trinajstić information content (AvgIpc) is 3.21. The lowest BCUT2D eigenvalue weighted by atomic mass is 10.1. The Balaban J connectivity index is 1.75. The Bertz CT molecular complexity index is 891. The number of carbonyl (C=O) groups is 1. The van der Waals surface area contributed by atoms with Gasteiger partial charge in [-0.1, -0.05) is 0 Å². The van der Waals surface area contributed by atoms with Crippen LogP contribution in [0.3, 0.4) is 0 Å². The molecule has 1 atom stereocenters. The quantitative estimate of drug-likeness (QED) is 0.818. The lowest BCUT2D eigenvalue weighted by molar-refractivity contribution is 0.0936. The fraction of sp³-hybridized carbons (Fsp3) is 0.375. The maximum Gasteiger partial charge on any atom is 0.269 e. The lowest BCUT2D eigenvalue weighted by Crippen LogP contribution is -2.35. The molecular formula is C16H19N3O5S. The minimum Gasteiger partial charge on any atom is -0.493 e. The molecule has 9 heteroatoms. The van der Waals surface area contributed by atoms with Crippen LogP contribution in [-0.2, 0) is 9.84 Å². The molecule has 2 N–H and O–H groups in total. The van der Waals surface area contributed by atoms with Gasteiger partial charge in [0.2, 0.25) is 0 Å². The molecule has 134 valence electrons. The van der Waals surface area contributed by atoms with E-state index >= 15 is 0 Å². The predicted octanol–water partition coefficient (Wildman–Crippen LogP) is 1.01. The van der Waals surface area contributed by atoms with Crippen LogP contribution in [0.2, 0.25) is 0 Å². The van der Waals surface area contributed by atoms with Crippen molar-refractivity contribution in [3.05, 3.63) is 30.0 Å². The summed E-state index contributed by atoms with van der Waals surface area (Å²) in [5.41, 5.74) is 1.61. The van der Waals surface area contributed by atoms with E-state index in [2.05, 4.69) is 15.5 Å². The Hall–Kier alpha value is -2.55. The number of sulfone groups is 1. The number of hydrogen-bond acceptors (Lipinski definition) is 6. The summed E-state index contributed by atoms with van der Waals surface area (Å²) in [6.45, 7) is 0. The first kappa shape index (κ1) is 17.3. The third-order valence-electron chi connectivity index (χ3n) is 4.07. The fourth-order valence-electron chi connectivity index (χ4n) is 2.75. The van der Waals surface area contributed by atoms with Gasteiger partial charge in [-0.3, -0.25) is 9.89 Å². The van der Waals surface area contributed by atoms with E-state index in [-0.39, 0.29) is 29.1 Å². The van der Waals surface area contributed by atoms with Crippen molar-refractivity contribution in [3.63, 3.8) is 0 Å². The van der Waals surface area contributed by atoms with Crippen LogP contribution in [0.4, 0.5) is 0 Å². The first-order valence-electron chi connectivity index (χ1n) is 7.71. The van der Waals surface area contributed by atoms with E-state index < -0.39 is 9.84 Å². The molecule has 25 heavy (non-hydrogen) atoms.